The summed E-state index contributed by atoms with van der Waals surface area (Å²) in [5.41, 5.74) is 0.117. The van der Waals surface area contributed by atoms with Gasteiger partial charge >= 0.3 is 5.97 Å². The molecule has 2 heterocycles. The van der Waals surface area contributed by atoms with E-state index in [1.807, 2.05) is 0 Å². The molecule has 0 atom stereocenters. The molecule has 1 aliphatic heterocycles. The minimum absolute atomic E-state index is 0.0777. The van der Waals surface area contributed by atoms with Gasteiger partial charge in [-0.2, -0.15) is 0 Å². The van der Waals surface area contributed by atoms with E-state index in [4.69, 9.17) is 5.11 Å². The number of alkyl halides is 2. The molecule has 18 heavy (non-hydrogen) atoms. The van der Waals surface area contributed by atoms with Crippen molar-refractivity contribution in [2.45, 2.75) is 31.7 Å². The molecule has 2 N–H and O–H groups in total. The van der Waals surface area contributed by atoms with Gasteiger partial charge in [-0.3, -0.25) is 0 Å². The highest BCUT2D eigenvalue weighted by molar-refractivity contribution is 5.86. The van der Waals surface area contributed by atoms with Crippen LogP contribution in [0.5, 0.6) is 0 Å². The van der Waals surface area contributed by atoms with E-state index < -0.39 is 18.9 Å². The lowest BCUT2D eigenvalue weighted by atomic mass is 9.93. The average molecular weight is 260 g/mol. The molecule has 0 bridgehead atoms. The molecule has 0 spiro atoms. The molecule has 0 saturated carbocycles. The van der Waals surface area contributed by atoms with Crippen LogP contribution in [0.1, 0.15) is 34.9 Å². The number of carboxylic acid groups (broad SMARTS) is 1. The average Bonchev–Trinajstić information content (AvgIpc) is 2.73. The minimum atomic E-state index is -2.58. The molecule has 6 nitrogen and oxygen atoms in total. The second-order valence-corrected chi connectivity index (χ2v) is 4.23. The van der Waals surface area contributed by atoms with Crippen LogP contribution in [-0.4, -0.2) is 45.6 Å². The third-order valence-corrected chi connectivity index (χ3v) is 3.01. The van der Waals surface area contributed by atoms with Crippen molar-refractivity contribution in [1.82, 2.24) is 20.3 Å². The van der Waals surface area contributed by atoms with Crippen LogP contribution in [0.3, 0.4) is 0 Å². The number of piperidine rings is 1. The van der Waals surface area contributed by atoms with E-state index in [-0.39, 0.29) is 11.6 Å². The lowest BCUT2D eigenvalue weighted by Gasteiger charge is -2.23. The fourth-order valence-electron chi connectivity index (χ4n) is 2.24. The number of halogens is 2. The summed E-state index contributed by atoms with van der Waals surface area (Å²) in [6, 6.07) is 0. The molecule has 1 aliphatic rings. The van der Waals surface area contributed by atoms with Crippen LogP contribution < -0.4 is 5.32 Å². The van der Waals surface area contributed by atoms with Crippen LogP contribution in [0, 0.1) is 0 Å². The van der Waals surface area contributed by atoms with Crippen molar-refractivity contribution in [2.24, 2.45) is 0 Å². The first-order valence-corrected chi connectivity index (χ1v) is 5.75. The Bertz CT molecular complexity index is 430. The van der Waals surface area contributed by atoms with Gasteiger partial charge < -0.3 is 10.4 Å². The number of carbonyl (C=O) groups is 1. The summed E-state index contributed by atoms with van der Waals surface area (Å²) in [6.45, 7) is 0.868. The highest BCUT2D eigenvalue weighted by atomic mass is 19.3. The van der Waals surface area contributed by atoms with Gasteiger partial charge in [0.1, 0.15) is 6.54 Å². The Hall–Kier alpha value is -1.57. The van der Waals surface area contributed by atoms with Gasteiger partial charge in [-0.05, 0) is 25.9 Å². The normalized spacial score (nSPS) is 17.3. The molecule has 1 aromatic rings. The highest BCUT2D eigenvalue weighted by Crippen LogP contribution is 2.27. The molecular weight excluding hydrogens is 246 g/mol. The highest BCUT2D eigenvalue weighted by Gasteiger charge is 2.28. The summed E-state index contributed by atoms with van der Waals surface area (Å²) in [6.07, 6.45) is -1.16. The Kier molecular flexibility index (Phi) is 3.85. The molecule has 1 aromatic heterocycles. The first-order valence-electron chi connectivity index (χ1n) is 5.75. The molecule has 2 rings (SSSR count). The Morgan fingerprint density at radius 2 is 2.17 bits per heavy atom. The van der Waals surface area contributed by atoms with E-state index in [2.05, 4.69) is 15.6 Å². The number of hydrogen-bond donors (Lipinski definition) is 2. The second kappa shape index (κ2) is 5.38. The van der Waals surface area contributed by atoms with Crippen molar-refractivity contribution < 1.29 is 18.7 Å². The quantitative estimate of drug-likeness (QED) is 0.833. The monoisotopic (exact) mass is 260 g/mol. The number of rotatable bonds is 4. The third-order valence-electron chi connectivity index (χ3n) is 3.01. The van der Waals surface area contributed by atoms with Crippen LogP contribution in [0.2, 0.25) is 0 Å². The first kappa shape index (κ1) is 12.9. The molecule has 0 radical (unpaired) electrons. The molecule has 1 fully saturated rings. The third kappa shape index (κ3) is 2.63. The predicted octanol–water partition coefficient (Wildman–Crippen LogP) is 0.708. The topological polar surface area (TPSA) is 80.0 Å². The van der Waals surface area contributed by atoms with Crippen LogP contribution in [0.4, 0.5) is 8.78 Å². The van der Waals surface area contributed by atoms with Crippen molar-refractivity contribution in [3.05, 3.63) is 11.4 Å². The van der Waals surface area contributed by atoms with Crippen LogP contribution >= 0.6 is 0 Å². The Morgan fingerprint density at radius 3 is 2.72 bits per heavy atom. The lowest BCUT2D eigenvalue weighted by molar-refractivity contribution is 0.0687. The smallest absolute Gasteiger partial charge is 0.358 e. The maximum Gasteiger partial charge on any atom is 0.358 e. The number of hydrogen-bond acceptors (Lipinski definition) is 4. The van der Waals surface area contributed by atoms with Gasteiger partial charge in [0.15, 0.2) is 5.69 Å². The first-order chi connectivity index (χ1) is 8.59. The van der Waals surface area contributed by atoms with Gasteiger partial charge in [0.2, 0.25) is 0 Å². The van der Waals surface area contributed by atoms with Gasteiger partial charge in [0.05, 0.1) is 5.69 Å². The number of nitrogens with zero attached hydrogens (tertiary/aromatic N) is 3. The SMILES string of the molecule is O=C(O)c1nnn(CC(F)F)c1C1CCNCC1. The van der Waals surface area contributed by atoms with Crippen LogP contribution in [0.25, 0.3) is 0 Å². The summed E-state index contributed by atoms with van der Waals surface area (Å²) in [5, 5.41) is 19.2. The zero-order chi connectivity index (χ0) is 13.1. The zero-order valence-corrected chi connectivity index (χ0v) is 9.64. The largest absolute Gasteiger partial charge is 0.476 e. The molecule has 100 valence electrons. The summed E-state index contributed by atoms with van der Waals surface area (Å²) in [5.74, 6) is -1.30. The maximum atomic E-state index is 12.4. The van der Waals surface area contributed by atoms with Crippen molar-refractivity contribution in [3.8, 4) is 0 Å². The maximum absolute atomic E-state index is 12.4. The minimum Gasteiger partial charge on any atom is -0.476 e. The molecular formula is C10H14F2N4O2. The van der Waals surface area contributed by atoms with Crippen molar-refractivity contribution in [1.29, 1.82) is 0 Å². The van der Waals surface area contributed by atoms with Gasteiger partial charge in [-0.1, -0.05) is 5.21 Å². The number of aromatic carboxylic acids is 1. The van der Waals surface area contributed by atoms with E-state index in [0.29, 0.717) is 18.5 Å². The van der Waals surface area contributed by atoms with Crippen molar-refractivity contribution in [3.63, 3.8) is 0 Å². The van der Waals surface area contributed by atoms with E-state index >= 15 is 0 Å². The fourth-order valence-corrected chi connectivity index (χ4v) is 2.24. The Morgan fingerprint density at radius 1 is 1.50 bits per heavy atom. The number of carboxylic acids is 1. The van der Waals surface area contributed by atoms with Gasteiger partial charge in [0, 0.05) is 5.92 Å². The second-order valence-electron chi connectivity index (χ2n) is 4.23. The number of aromatic nitrogens is 3. The summed E-state index contributed by atoms with van der Waals surface area (Å²) < 4.78 is 25.9. The Labute approximate surface area is 102 Å². The molecule has 0 aromatic carbocycles. The van der Waals surface area contributed by atoms with E-state index in [1.165, 1.54) is 0 Å². The standard InChI is InChI=1S/C10H14F2N4O2/c11-7(12)5-16-9(6-1-3-13-4-2-6)8(10(17)18)14-15-16/h6-7,13H,1-5H2,(H,17,18). The fraction of sp³-hybridized carbons (Fsp3) is 0.700. The van der Waals surface area contributed by atoms with Gasteiger partial charge in [0.25, 0.3) is 6.43 Å². The molecule has 0 amide bonds. The number of nitrogens with one attached hydrogen (secondary N) is 1. The zero-order valence-electron chi connectivity index (χ0n) is 9.64. The molecule has 8 heteroatoms. The summed E-state index contributed by atoms with van der Waals surface area (Å²) >= 11 is 0. The molecule has 0 unspecified atom stereocenters. The molecule has 1 saturated heterocycles. The van der Waals surface area contributed by atoms with E-state index in [0.717, 1.165) is 17.8 Å². The Balaban J connectivity index is 2.32. The van der Waals surface area contributed by atoms with Crippen LogP contribution in [0.15, 0.2) is 0 Å². The summed E-state index contributed by atoms with van der Waals surface area (Å²) in [7, 11) is 0. The van der Waals surface area contributed by atoms with Gasteiger partial charge in [-0.25, -0.2) is 18.3 Å². The van der Waals surface area contributed by atoms with Crippen molar-refractivity contribution in [2.75, 3.05) is 13.1 Å². The molecule has 0 aliphatic carbocycles. The van der Waals surface area contributed by atoms with E-state index in [9.17, 15) is 13.6 Å². The van der Waals surface area contributed by atoms with Crippen LogP contribution in [-0.2, 0) is 6.54 Å². The summed E-state index contributed by atoms with van der Waals surface area (Å²) in [4.78, 5) is 11.0. The van der Waals surface area contributed by atoms with Crippen molar-refractivity contribution >= 4 is 5.97 Å². The lowest BCUT2D eigenvalue weighted by Crippen LogP contribution is -2.29. The van der Waals surface area contributed by atoms with Gasteiger partial charge in [-0.15, -0.1) is 5.10 Å². The predicted molar refractivity (Wildman–Crippen MR) is 57.8 cm³/mol. The van der Waals surface area contributed by atoms with E-state index in [1.54, 1.807) is 0 Å².